The Bertz CT molecular complexity index is 804. The van der Waals surface area contributed by atoms with Gasteiger partial charge in [-0.1, -0.05) is 24.3 Å². The van der Waals surface area contributed by atoms with Crippen LogP contribution in [-0.4, -0.2) is 4.98 Å². The first kappa shape index (κ1) is 12.8. The van der Waals surface area contributed by atoms with Gasteiger partial charge in [0, 0.05) is 6.07 Å². The highest BCUT2D eigenvalue weighted by atomic mass is 15.0. The zero-order valence-corrected chi connectivity index (χ0v) is 12.4. The van der Waals surface area contributed by atoms with Crippen molar-refractivity contribution in [3.63, 3.8) is 0 Å². The molecule has 0 saturated heterocycles. The highest BCUT2D eigenvalue weighted by molar-refractivity contribution is 5.74. The minimum absolute atomic E-state index is 1.04. The molecule has 2 aromatic carbocycles. The average Bonchev–Trinajstić information content (AvgIpc) is 2.43. The minimum atomic E-state index is 1.04. The van der Waals surface area contributed by atoms with E-state index < -0.39 is 0 Å². The van der Waals surface area contributed by atoms with Crippen molar-refractivity contribution in [3.8, 4) is 11.3 Å². The lowest BCUT2D eigenvalue weighted by atomic mass is 9.99. The van der Waals surface area contributed by atoms with Crippen molar-refractivity contribution >= 4 is 11.0 Å². The maximum Gasteiger partial charge on any atom is 0.234 e. The van der Waals surface area contributed by atoms with Crippen molar-refractivity contribution < 1.29 is 4.57 Å². The maximum absolute atomic E-state index is 4.76. The molecule has 1 heterocycles. The molecule has 2 heteroatoms. The van der Waals surface area contributed by atoms with Gasteiger partial charge in [0.25, 0.3) is 0 Å². The molecule has 0 atom stereocenters. The molecule has 2 nitrogen and oxygen atoms in total. The highest BCUT2D eigenvalue weighted by Gasteiger charge is 2.20. The van der Waals surface area contributed by atoms with Gasteiger partial charge in [-0.05, 0) is 44.0 Å². The summed E-state index contributed by atoms with van der Waals surface area (Å²) in [5.74, 6) is 0. The van der Waals surface area contributed by atoms with Crippen LogP contribution in [0.15, 0.2) is 42.5 Å². The number of aromatic nitrogens is 2. The van der Waals surface area contributed by atoms with E-state index in [0.717, 1.165) is 16.7 Å². The SMILES string of the molecule is Cc1cccc(-c2c(C)nc3ccccc3[n+]2C)c1C. The lowest BCUT2D eigenvalue weighted by Gasteiger charge is -2.10. The van der Waals surface area contributed by atoms with Crippen LogP contribution in [-0.2, 0) is 7.05 Å². The van der Waals surface area contributed by atoms with Gasteiger partial charge in [0.15, 0.2) is 0 Å². The Balaban J connectivity index is 2.39. The average molecular weight is 263 g/mol. The fourth-order valence-electron chi connectivity index (χ4n) is 2.82. The number of nitrogens with zero attached hydrogens (tertiary/aromatic N) is 2. The molecule has 0 N–H and O–H groups in total. The molecule has 0 aliphatic heterocycles. The predicted octanol–water partition coefficient (Wildman–Crippen LogP) is 3.65. The normalized spacial score (nSPS) is 11.0. The van der Waals surface area contributed by atoms with Crippen LogP contribution in [0.5, 0.6) is 0 Å². The first-order valence-corrected chi connectivity index (χ1v) is 6.91. The van der Waals surface area contributed by atoms with Crippen LogP contribution in [0.3, 0.4) is 0 Å². The summed E-state index contributed by atoms with van der Waals surface area (Å²) in [5, 5.41) is 0. The van der Waals surface area contributed by atoms with Crippen LogP contribution in [0.4, 0.5) is 0 Å². The number of rotatable bonds is 1. The van der Waals surface area contributed by atoms with E-state index in [1.807, 2.05) is 6.07 Å². The smallest absolute Gasteiger partial charge is 0.234 e. The number of hydrogen-bond acceptors (Lipinski definition) is 1. The minimum Gasteiger partial charge on any atom is -0.240 e. The maximum atomic E-state index is 4.76. The van der Waals surface area contributed by atoms with Crippen LogP contribution < -0.4 is 4.57 Å². The Labute approximate surface area is 119 Å². The summed E-state index contributed by atoms with van der Waals surface area (Å²) in [4.78, 5) is 4.76. The number of para-hydroxylation sites is 2. The Hall–Kier alpha value is -2.22. The van der Waals surface area contributed by atoms with Gasteiger partial charge in [-0.3, -0.25) is 0 Å². The Morgan fingerprint density at radius 2 is 1.65 bits per heavy atom. The molecule has 0 spiro atoms. The van der Waals surface area contributed by atoms with Crippen LogP contribution >= 0.6 is 0 Å². The van der Waals surface area contributed by atoms with Gasteiger partial charge in [-0.2, -0.15) is 4.57 Å². The van der Waals surface area contributed by atoms with E-state index in [2.05, 4.69) is 68.8 Å². The molecule has 3 aromatic rings. The van der Waals surface area contributed by atoms with Gasteiger partial charge in [0.2, 0.25) is 11.2 Å². The summed E-state index contributed by atoms with van der Waals surface area (Å²) in [7, 11) is 2.12. The van der Waals surface area contributed by atoms with Crippen LogP contribution in [0.1, 0.15) is 16.8 Å². The van der Waals surface area contributed by atoms with E-state index in [1.165, 1.54) is 22.4 Å². The number of fused-ring (bicyclic) bond motifs is 1. The van der Waals surface area contributed by atoms with E-state index in [4.69, 9.17) is 4.98 Å². The second-order valence-corrected chi connectivity index (χ2v) is 5.34. The van der Waals surface area contributed by atoms with Gasteiger partial charge in [0.05, 0.1) is 5.56 Å². The first-order chi connectivity index (χ1) is 9.59. The molecule has 0 fully saturated rings. The standard InChI is InChI=1S/C18H19N2/c1-12-8-7-9-15(13(12)2)18-14(3)19-16-10-5-6-11-17(16)20(18)4/h5-11H,1-4H3/q+1. The number of hydrogen-bond donors (Lipinski definition) is 0. The van der Waals surface area contributed by atoms with E-state index in [0.29, 0.717) is 0 Å². The highest BCUT2D eigenvalue weighted by Crippen LogP contribution is 2.26. The Morgan fingerprint density at radius 3 is 2.45 bits per heavy atom. The first-order valence-electron chi connectivity index (χ1n) is 6.91. The quantitative estimate of drug-likeness (QED) is 0.612. The van der Waals surface area contributed by atoms with E-state index in [1.54, 1.807) is 0 Å². The number of aryl methyl sites for hydroxylation is 3. The zero-order valence-electron chi connectivity index (χ0n) is 12.4. The largest absolute Gasteiger partial charge is 0.240 e. The third kappa shape index (κ3) is 1.88. The topological polar surface area (TPSA) is 16.8 Å². The van der Waals surface area contributed by atoms with Crippen LogP contribution in [0.2, 0.25) is 0 Å². The molecule has 0 unspecified atom stereocenters. The van der Waals surface area contributed by atoms with Gasteiger partial charge in [0.1, 0.15) is 18.3 Å². The third-order valence-electron chi connectivity index (χ3n) is 4.07. The molecule has 0 radical (unpaired) electrons. The van der Waals surface area contributed by atoms with Crippen LogP contribution in [0.25, 0.3) is 22.3 Å². The van der Waals surface area contributed by atoms with Crippen molar-refractivity contribution in [3.05, 3.63) is 59.3 Å². The van der Waals surface area contributed by atoms with E-state index >= 15 is 0 Å². The fraction of sp³-hybridized carbons (Fsp3) is 0.222. The second-order valence-electron chi connectivity index (χ2n) is 5.34. The van der Waals surface area contributed by atoms with E-state index in [9.17, 15) is 0 Å². The molecule has 0 saturated carbocycles. The lowest BCUT2D eigenvalue weighted by molar-refractivity contribution is -0.634. The Morgan fingerprint density at radius 1 is 0.900 bits per heavy atom. The van der Waals surface area contributed by atoms with Crippen molar-refractivity contribution in [1.29, 1.82) is 0 Å². The molecular formula is C18H19N2+. The molecule has 3 rings (SSSR count). The summed E-state index contributed by atoms with van der Waals surface area (Å²) in [5.41, 5.74) is 8.38. The lowest BCUT2D eigenvalue weighted by Crippen LogP contribution is -2.34. The summed E-state index contributed by atoms with van der Waals surface area (Å²) >= 11 is 0. The fourth-order valence-corrected chi connectivity index (χ4v) is 2.82. The Kier molecular flexibility index (Phi) is 3.01. The summed E-state index contributed by atoms with van der Waals surface area (Å²) in [6, 6.07) is 14.7. The molecule has 20 heavy (non-hydrogen) atoms. The van der Waals surface area contributed by atoms with Crippen molar-refractivity contribution in [1.82, 2.24) is 4.98 Å². The molecule has 0 aliphatic rings. The third-order valence-corrected chi connectivity index (χ3v) is 4.07. The summed E-state index contributed by atoms with van der Waals surface area (Å²) < 4.78 is 2.25. The summed E-state index contributed by atoms with van der Waals surface area (Å²) in [6.45, 7) is 6.42. The zero-order chi connectivity index (χ0) is 14.3. The van der Waals surface area contributed by atoms with Gasteiger partial charge >= 0.3 is 0 Å². The molecule has 100 valence electrons. The van der Waals surface area contributed by atoms with E-state index in [-0.39, 0.29) is 0 Å². The molecule has 0 aliphatic carbocycles. The monoisotopic (exact) mass is 263 g/mol. The number of benzene rings is 2. The summed E-state index contributed by atoms with van der Waals surface area (Å²) in [6.07, 6.45) is 0. The molecule has 1 aromatic heterocycles. The predicted molar refractivity (Wildman–Crippen MR) is 82.6 cm³/mol. The van der Waals surface area contributed by atoms with Crippen LogP contribution in [0, 0.1) is 20.8 Å². The second kappa shape index (κ2) is 4.71. The van der Waals surface area contributed by atoms with Gasteiger partial charge in [-0.25, -0.2) is 4.98 Å². The van der Waals surface area contributed by atoms with Crippen molar-refractivity contribution in [2.24, 2.45) is 7.05 Å². The molecule has 0 bridgehead atoms. The van der Waals surface area contributed by atoms with Gasteiger partial charge < -0.3 is 0 Å². The molecular weight excluding hydrogens is 244 g/mol. The molecule has 0 amide bonds. The van der Waals surface area contributed by atoms with Gasteiger partial charge in [-0.15, -0.1) is 0 Å². The van der Waals surface area contributed by atoms with Crippen molar-refractivity contribution in [2.45, 2.75) is 20.8 Å². The van der Waals surface area contributed by atoms with Crippen molar-refractivity contribution in [2.75, 3.05) is 0 Å².